The van der Waals surface area contributed by atoms with Crippen molar-refractivity contribution in [3.8, 4) is 11.3 Å². The molecule has 0 aliphatic carbocycles. The van der Waals surface area contributed by atoms with Crippen LogP contribution in [0.25, 0.3) is 22.2 Å². The Morgan fingerprint density at radius 3 is 2.74 bits per heavy atom. The minimum absolute atomic E-state index is 0.992. The number of fused-ring (bicyclic) bond motifs is 5. The fourth-order valence-corrected chi connectivity index (χ4v) is 3.14. The van der Waals surface area contributed by atoms with Gasteiger partial charge >= 0.3 is 0 Å². The van der Waals surface area contributed by atoms with Gasteiger partial charge in [-0.15, -0.1) is 0 Å². The van der Waals surface area contributed by atoms with Gasteiger partial charge in [0, 0.05) is 23.1 Å². The summed E-state index contributed by atoms with van der Waals surface area (Å²) in [5, 5.41) is 1.36. The number of aryl methyl sites for hydroxylation is 2. The fraction of sp³-hybridized carbons (Fsp3) is 0.167. The van der Waals surface area contributed by atoms with Crippen LogP contribution in [0, 0.1) is 13.8 Å². The van der Waals surface area contributed by atoms with Crippen LogP contribution in [-0.2, 0) is 6.54 Å². The summed E-state index contributed by atoms with van der Waals surface area (Å²) in [6.45, 7) is 5.33. The summed E-state index contributed by atoms with van der Waals surface area (Å²) in [4.78, 5) is 0. The summed E-state index contributed by atoms with van der Waals surface area (Å²) in [7, 11) is 0. The van der Waals surface area contributed by atoms with Crippen molar-refractivity contribution in [1.29, 1.82) is 0 Å². The molecule has 1 aliphatic heterocycles. The van der Waals surface area contributed by atoms with E-state index in [2.05, 4.69) is 66.9 Å². The van der Waals surface area contributed by atoms with E-state index in [9.17, 15) is 0 Å². The van der Waals surface area contributed by atoms with Gasteiger partial charge in [0.2, 0.25) is 11.2 Å². The smallest absolute Gasteiger partial charge is 0.187 e. The molecule has 0 unspecified atom stereocenters. The van der Waals surface area contributed by atoms with E-state index in [1.807, 2.05) is 0 Å². The van der Waals surface area contributed by atoms with Gasteiger partial charge in [0.1, 0.15) is 0 Å². The molecule has 0 spiro atoms. The van der Waals surface area contributed by atoms with Crippen LogP contribution < -0.4 is 4.57 Å². The monoisotopic (exact) mass is 246 g/mol. The van der Waals surface area contributed by atoms with E-state index in [0.717, 1.165) is 6.54 Å². The summed E-state index contributed by atoms with van der Waals surface area (Å²) < 4.78 is 2.44. The summed E-state index contributed by atoms with van der Waals surface area (Å²) in [5.74, 6) is 0. The number of hydrogen-bond acceptors (Lipinski definition) is 0. The highest BCUT2D eigenvalue weighted by atomic mass is 15.0. The number of nitrogens with zero attached hydrogens (tertiary/aromatic N) is 1. The average Bonchev–Trinajstić information content (AvgIpc) is 2.77. The maximum atomic E-state index is 2.44. The molecule has 0 fully saturated rings. The molecule has 1 nitrogen and oxygen atoms in total. The Labute approximate surface area is 113 Å². The maximum Gasteiger partial charge on any atom is 0.213 e. The van der Waals surface area contributed by atoms with Crippen molar-refractivity contribution < 1.29 is 4.57 Å². The molecule has 0 saturated carbocycles. The second-order valence-electron chi connectivity index (χ2n) is 5.47. The molecular weight excluding hydrogens is 230 g/mol. The van der Waals surface area contributed by atoms with E-state index >= 15 is 0 Å². The highest BCUT2D eigenvalue weighted by Gasteiger charge is 2.28. The van der Waals surface area contributed by atoms with Crippen molar-refractivity contribution in [2.45, 2.75) is 20.4 Å². The van der Waals surface area contributed by atoms with E-state index < -0.39 is 0 Å². The van der Waals surface area contributed by atoms with E-state index in [-0.39, 0.29) is 0 Å². The summed E-state index contributed by atoms with van der Waals surface area (Å²) in [6, 6.07) is 17.9. The van der Waals surface area contributed by atoms with Gasteiger partial charge in [-0.25, -0.2) is 0 Å². The zero-order valence-corrected chi connectivity index (χ0v) is 11.3. The molecule has 1 aromatic heterocycles. The lowest BCUT2D eigenvalue weighted by molar-refractivity contribution is -0.645. The second kappa shape index (κ2) is 3.67. The lowest BCUT2D eigenvalue weighted by atomic mass is 10.0. The number of pyridine rings is 1. The Morgan fingerprint density at radius 2 is 1.84 bits per heavy atom. The molecule has 4 rings (SSSR count). The number of benzene rings is 2. The molecule has 2 heterocycles. The Hall–Kier alpha value is -2.15. The zero-order chi connectivity index (χ0) is 13.0. The predicted molar refractivity (Wildman–Crippen MR) is 78.2 cm³/mol. The van der Waals surface area contributed by atoms with Crippen LogP contribution in [0.5, 0.6) is 0 Å². The van der Waals surface area contributed by atoms with Gasteiger partial charge < -0.3 is 0 Å². The Bertz CT molecular complexity index is 815. The van der Waals surface area contributed by atoms with Gasteiger partial charge in [0.15, 0.2) is 6.54 Å². The lowest BCUT2D eigenvalue weighted by Crippen LogP contribution is -2.33. The Balaban J connectivity index is 2.08. The van der Waals surface area contributed by atoms with Crippen molar-refractivity contribution in [2.75, 3.05) is 0 Å². The average molecular weight is 246 g/mol. The molecule has 1 heteroatoms. The van der Waals surface area contributed by atoms with Crippen molar-refractivity contribution in [2.24, 2.45) is 0 Å². The SMILES string of the molecule is Cc1ccc2c(c1)-c1ccc3c(C)cccc3[n+]1C2. The topological polar surface area (TPSA) is 3.88 Å². The highest BCUT2D eigenvalue weighted by molar-refractivity contribution is 5.82. The first-order chi connectivity index (χ1) is 9.24. The Kier molecular flexibility index (Phi) is 2.08. The molecule has 0 bridgehead atoms. The molecule has 1 aliphatic rings. The number of rotatable bonds is 0. The molecule has 0 atom stereocenters. The zero-order valence-electron chi connectivity index (χ0n) is 11.3. The maximum absolute atomic E-state index is 2.44. The fourth-order valence-electron chi connectivity index (χ4n) is 3.14. The van der Waals surface area contributed by atoms with E-state index in [1.54, 1.807) is 0 Å². The minimum atomic E-state index is 0.992. The highest BCUT2D eigenvalue weighted by Crippen LogP contribution is 2.30. The first-order valence-electron chi connectivity index (χ1n) is 6.76. The van der Waals surface area contributed by atoms with Crippen molar-refractivity contribution >= 4 is 10.9 Å². The van der Waals surface area contributed by atoms with E-state index in [1.165, 1.54) is 38.9 Å². The van der Waals surface area contributed by atoms with Gasteiger partial charge in [0.25, 0.3) is 0 Å². The minimum Gasteiger partial charge on any atom is -0.187 e. The van der Waals surface area contributed by atoms with Gasteiger partial charge in [0.05, 0.1) is 5.56 Å². The van der Waals surface area contributed by atoms with Gasteiger partial charge in [-0.05, 0) is 31.5 Å². The van der Waals surface area contributed by atoms with Gasteiger partial charge in [-0.1, -0.05) is 29.8 Å². The van der Waals surface area contributed by atoms with Crippen LogP contribution in [0.1, 0.15) is 16.7 Å². The summed E-state index contributed by atoms with van der Waals surface area (Å²) in [6.07, 6.45) is 0. The van der Waals surface area contributed by atoms with E-state index in [4.69, 9.17) is 0 Å². The first-order valence-corrected chi connectivity index (χ1v) is 6.76. The standard InChI is InChI=1S/C18H16N/c1-12-6-7-14-11-19-17-5-3-4-13(2)15(17)8-9-18(19)16(14)10-12/h3-10H,11H2,1-2H3/q+1. The molecule has 92 valence electrons. The number of aromatic nitrogens is 1. The van der Waals surface area contributed by atoms with Crippen LogP contribution >= 0.6 is 0 Å². The summed E-state index contributed by atoms with van der Waals surface area (Å²) in [5.41, 5.74) is 8.18. The largest absolute Gasteiger partial charge is 0.213 e. The van der Waals surface area contributed by atoms with Crippen LogP contribution in [0.3, 0.4) is 0 Å². The molecule has 2 aromatic carbocycles. The molecular formula is C18H16N+. The van der Waals surface area contributed by atoms with Crippen LogP contribution in [0.2, 0.25) is 0 Å². The van der Waals surface area contributed by atoms with Gasteiger partial charge in [-0.2, -0.15) is 4.57 Å². The van der Waals surface area contributed by atoms with Crippen LogP contribution in [0.4, 0.5) is 0 Å². The van der Waals surface area contributed by atoms with Gasteiger partial charge in [-0.3, -0.25) is 0 Å². The molecule has 0 saturated heterocycles. The van der Waals surface area contributed by atoms with Crippen molar-refractivity contribution in [3.05, 3.63) is 65.2 Å². The second-order valence-corrected chi connectivity index (χ2v) is 5.47. The lowest BCUT2D eigenvalue weighted by Gasteiger charge is -2.02. The molecule has 19 heavy (non-hydrogen) atoms. The molecule has 0 radical (unpaired) electrons. The normalized spacial score (nSPS) is 12.5. The Morgan fingerprint density at radius 1 is 0.947 bits per heavy atom. The number of hydrogen-bond donors (Lipinski definition) is 0. The molecule has 0 N–H and O–H groups in total. The summed E-state index contributed by atoms with van der Waals surface area (Å²) >= 11 is 0. The van der Waals surface area contributed by atoms with Crippen molar-refractivity contribution in [1.82, 2.24) is 0 Å². The third kappa shape index (κ3) is 1.45. The molecule has 0 amide bonds. The molecule has 3 aromatic rings. The predicted octanol–water partition coefficient (Wildman–Crippen LogP) is 3.77. The first kappa shape index (κ1) is 10.7. The quantitative estimate of drug-likeness (QED) is 0.416. The van der Waals surface area contributed by atoms with E-state index in [0.29, 0.717) is 0 Å². The van der Waals surface area contributed by atoms with Crippen molar-refractivity contribution in [3.63, 3.8) is 0 Å². The van der Waals surface area contributed by atoms with Crippen LogP contribution in [-0.4, -0.2) is 0 Å². The third-order valence-electron chi connectivity index (χ3n) is 4.16. The van der Waals surface area contributed by atoms with Crippen LogP contribution in [0.15, 0.2) is 48.5 Å². The third-order valence-corrected chi connectivity index (χ3v) is 4.16.